The number of alkyl halides is 3. The van der Waals surface area contributed by atoms with Gasteiger partial charge in [-0.15, -0.1) is 11.3 Å². The molecule has 0 spiro atoms. The van der Waals surface area contributed by atoms with Gasteiger partial charge in [-0.25, -0.2) is 0 Å². The van der Waals surface area contributed by atoms with Gasteiger partial charge < -0.3 is 5.11 Å². The zero-order valence-electron chi connectivity index (χ0n) is 14.6. The van der Waals surface area contributed by atoms with Gasteiger partial charge >= 0.3 is 6.18 Å². The van der Waals surface area contributed by atoms with E-state index in [0.717, 1.165) is 33.1 Å². The van der Waals surface area contributed by atoms with Crippen molar-refractivity contribution in [3.63, 3.8) is 0 Å². The molecule has 9 heteroatoms. The van der Waals surface area contributed by atoms with Gasteiger partial charge in [-0.2, -0.15) is 13.2 Å². The molecular formula is C20H13EuF3N2O2S. The van der Waals surface area contributed by atoms with Gasteiger partial charge in [0.1, 0.15) is 0 Å². The summed E-state index contributed by atoms with van der Waals surface area (Å²) < 4.78 is 35.4. The summed E-state index contributed by atoms with van der Waals surface area (Å²) in [7, 11) is 0. The summed E-state index contributed by atoms with van der Waals surface area (Å²) in [5.41, 5.74) is 1.95. The van der Waals surface area contributed by atoms with Crippen LogP contribution in [0, 0.1) is 49.4 Å². The predicted octanol–water partition coefficient (Wildman–Crippen LogP) is 5.72. The molecule has 4 nitrogen and oxygen atoms in total. The molecule has 4 rings (SSSR count). The number of carbonyl (C=O) groups is 1. The molecule has 1 aromatic carbocycles. The first-order chi connectivity index (χ1) is 13.4. The fraction of sp³-hybridized carbons (Fsp3) is 0.0500. The van der Waals surface area contributed by atoms with E-state index in [-0.39, 0.29) is 60.3 Å². The molecule has 0 amide bonds. The standard InChI is InChI=1S/C12H8N2.C8H5F3O2S.Eu/c1-3-9-5-6-10-4-2-8-14-12(10)11(9)13-7-1;9-8(10,11)7(13)4-5(12)6-2-1-3-14-6;/h1-8H;1-4,13H;/b;7-4-;. The number of fused-ring (bicyclic) bond motifs is 3. The maximum atomic E-state index is 11.8. The first-order valence-electron chi connectivity index (χ1n) is 8.00. The van der Waals surface area contributed by atoms with Crippen LogP contribution >= 0.6 is 11.3 Å². The van der Waals surface area contributed by atoms with E-state index in [0.29, 0.717) is 0 Å². The normalized spacial score (nSPS) is 11.5. The van der Waals surface area contributed by atoms with E-state index >= 15 is 0 Å². The molecular weight excluding hydrogens is 541 g/mol. The van der Waals surface area contributed by atoms with Crippen molar-refractivity contribution in [3.8, 4) is 0 Å². The van der Waals surface area contributed by atoms with Crippen LogP contribution in [-0.2, 0) is 0 Å². The Hall–Kier alpha value is -1.68. The third-order valence-corrected chi connectivity index (χ3v) is 4.55. The first kappa shape index (κ1) is 23.6. The Bertz CT molecular complexity index is 1090. The number of nitrogens with zero attached hydrogens (tertiary/aromatic N) is 2. The molecule has 0 unspecified atom stereocenters. The number of aliphatic hydroxyl groups is 1. The van der Waals surface area contributed by atoms with Crippen molar-refractivity contribution in [2.75, 3.05) is 0 Å². The van der Waals surface area contributed by atoms with E-state index in [1.165, 1.54) is 12.1 Å². The number of hydrogen-bond acceptors (Lipinski definition) is 5. The average Bonchev–Trinajstić information content (AvgIpc) is 3.23. The van der Waals surface area contributed by atoms with Crippen LogP contribution in [0.1, 0.15) is 9.67 Å². The molecule has 0 aliphatic carbocycles. The molecule has 0 aliphatic heterocycles. The van der Waals surface area contributed by atoms with Crippen molar-refractivity contribution in [2.45, 2.75) is 6.18 Å². The number of rotatable bonds is 2. The van der Waals surface area contributed by atoms with Crippen molar-refractivity contribution in [2.24, 2.45) is 0 Å². The Labute approximate surface area is 208 Å². The minimum absolute atomic E-state index is 0. The largest absolute Gasteiger partial charge is 0.504 e. The monoisotopic (exact) mass is 555 g/mol. The van der Waals surface area contributed by atoms with Crippen molar-refractivity contribution >= 4 is 38.9 Å². The van der Waals surface area contributed by atoms with Gasteiger partial charge in [-0.1, -0.05) is 30.3 Å². The van der Waals surface area contributed by atoms with Crippen LogP contribution < -0.4 is 0 Å². The molecule has 0 aliphatic rings. The molecule has 3 aromatic heterocycles. The fourth-order valence-electron chi connectivity index (χ4n) is 2.38. The molecule has 149 valence electrons. The quantitative estimate of drug-likeness (QED) is 0.149. The summed E-state index contributed by atoms with van der Waals surface area (Å²) in [5, 5.41) is 12.3. The third kappa shape index (κ3) is 6.15. The summed E-state index contributed by atoms with van der Waals surface area (Å²) in [5.74, 6) is -2.73. The Morgan fingerprint density at radius 2 is 1.48 bits per heavy atom. The molecule has 1 N–H and O–H groups in total. The zero-order chi connectivity index (χ0) is 20.1. The summed E-state index contributed by atoms with van der Waals surface area (Å²) in [4.78, 5) is 19.9. The number of aliphatic hydroxyl groups excluding tert-OH is 1. The number of carbonyl (C=O) groups excluding carboxylic acids is 1. The van der Waals surface area contributed by atoms with Crippen LogP contribution in [0.2, 0.25) is 0 Å². The molecule has 0 atom stereocenters. The summed E-state index contributed by atoms with van der Waals surface area (Å²) >= 11 is 1.01. The number of ketones is 1. The molecule has 0 saturated carbocycles. The van der Waals surface area contributed by atoms with Crippen LogP contribution in [0.5, 0.6) is 0 Å². The Kier molecular flexibility index (Phi) is 8.45. The minimum Gasteiger partial charge on any atom is -0.504 e. The summed E-state index contributed by atoms with van der Waals surface area (Å²) in [6.07, 6.45) is -1.09. The van der Waals surface area contributed by atoms with Gasteiger partial charge in [-0.05, 0) is 23.6 Å². The van der Waals surface area contributed by atoms with Crippen LogP contribution in [0.25, 0.3) is 21.8 Å². The smallest absolute Gasteiger partial charge is 0.448 e. The van der Waals surface area contributed by atoms with Gasteiger partial charge in [0.2, 0.25) is 5.76 Å². The van der Waals surface area contributed by atoms with Crippen molar-refractivity contribution in [1.82, 2.24) is 9.97 Å². The Balaban J connectivity index is 0.000000200. The average molecular weight is 554 g/mol. The maximum Gasteiger partial charge on any atom is 0.448 e. The number of allylic oxidation sites excluding steroid dienone is 2. The number of pyridine rings is 2. The number of thiophene rings is 1. The van der Waals surface area contributed by atoms with Gasteiger partial charge in [0.15, 0.2) is 5.78 Å². The second-order valence-corrected chi connectivity index (χ2v) is 6.53. The van der Waals surface area contributed by atoms with Crippen LogP contribution in [-0.4, -0.2) is 27.0 Å². The number of aromatic nitrogens is 2. The molecule has 29 heavy (non-hydrogen) atoms. The van der Waals surface area contributed by atoms with E-state index in [2.05, 4.69) is 34.2 Å². The predicted molar refractivity (Wildman–Crippen MR) is 102 cm³/mol. The number of hydrogen-bond donors (Lipinski definition) is 1. The maximum absolute atomic E-state index is 11.8. The van der Waals surface area contributed by atoms with E-state index in [4.69, 9.17) is 5.11 Å². The van der Waals surface area contributed by atoms with E-state index in [9.17, 15) is 18.0 Å². The second kappa shape index (κ2) is 10.4. The SMILES string of the molecule is O=C(/C=C(\O)C(F)(F)F)c1cccs1.[Eu].c1cnc2c(c1)ccc1cccnc12. The van der Waals surface area contributed by atoms with Crippen molar-refractivity contribution in [1.29, 1.82) is 0 Å². The van der Waals surface area contributed by atoms with E-state index < -0.39 is 17.7 Å². The molecule has 0 saturated heterocycles. The molecule has 4 aromatic rings. The fourth-order valence-corrected chi connectivity index (χ4v) is 3.01. The van der Waals surface area contributed by atoms with Crippen LogP contribution in [0.3, 0.4) is 0 Å². The number of halogens is 3. The van der Waals surface area contributed by atoms with Gasteiger partial charge in [0.05, 0.1) is 15.9 Å². The molecule has 3 heterocycles. The van der Waals surface area contributed by atoms with Crippen LogP contribution in [0.15, 0.2) is 78.1 Å². The third-order valence-electron chi connectivity index (χ3n) is 3.67. The van der Waals surface area contributed by atoms with Gasteiger partial charge in [-0.3, -0.25) is 14.8 Å². The minimum atomic E-state index is -4.87. The van der Waals surface area contributed by atoms with Gasteiger partial charge in [0.25, 0.3) is 0 Å². The number of benzene rings is 1. The van der Waals surface area contributed by atoms with Crippen molar-refractivity contribution in [3.05, 3.63) is 83.0 Å². The summed E-state index contributed by atoms with van der Waals surface area (Å²) in [6, 6.07) is 15.1. The Morgan fingerprint density at radius 3 is 1.93 bits per heavy atom. The van der Waals surface area contributed by atoms with Gasteiger partial charge in [0, 0.05) is 78.6 Å². The first-order valence-corrected chi connectivity index (χ1v) is 8.88. The van der Waals surface area contributed by atoms with Crippen molar-refractivity contribution < 1.29 is 72.4 Å². The second-order valence-electron chi connectivity index (χ2n) is 5.58. The molecule has 1 radical (unpaired) electrons. The topological polar surface area (TPSA) is 63.1 Å². The van der Waals surface area contributed by atoms with Crippen LogP contribution in [0.4, 0.5) is 13.2 Å². The van der Waals surface area contributed by atoms with E-state index in [1.807, 2.05) is 12.1 Å². The molecule has 0 bridgehead atoms. The zero-order valence-corrected chi connectivity index (χ0v) is 17.8. The Morgan fingerprint density at radius 1 is 0.931 bits per heavy atom. The summed E-state index contributed by atoms with van der Waals surface area (Å²) in [6.45, 7) is 0. The molecule has 0 fully saturated rings. The van der Waals surface area contributed by atoms with E-state index in [1.54, 1.807) is 17.8 Å².